The molecule has 7 heteroatoms. The molecule has 1 amide bonds. The van der Waals surface area contributed by atoms with Crippen LogP contribution < -0.4 is 4.74 Å². The van der Waals surface area contributed by atoms with Gasteiger partial charge in [0.1, 0.15) is 12.6 Å². The third-order valence-electron chi connectivity index (χ3n) is 4.59. The van der Waals surface area contributed by atoms with Crippen LogP contribution in [0.5, 0.6) is 6.01 Å². The first-order chi connectivity index (χ1) is 12.7. The van der Waals surface area contributed by atoms with Crippen LogP contribution in [0.1, 0.15) is 12.8 Å². The van der Waals surface area contributed by atoms with Crippen LogP contribution in [0, 0.1) is 0 Å². The second kappa shape index (κ2) is 7.45. The van der Waals surface area contributed by atoms with E-state index in [0.29, 0.717) is 19.1 Å². The Bertz CT molecular complexity index is 909. The van der Waals surface area contributed by atoms with E-state index in [1.165, 1.54) is 0 Å². The number of rotatable bonds is 4. The maximum Gasteiger partial charge on any atom is 0.316 e. The number of halogens is 1. The van der Waals surface area contributed by atoms with Gasteiger partial charge in [-0.1, -0.05) is 18.2 Å². The molecule has 1 saturated heterocycles. The van der Waals surface area contributed by atoms with Gasteiger partial charge in [-0.25, -0.2) is 9.97 Å². The Morgan fingerprint density at radius 3 is 2.88 bits per heavy atom. The number of amides is 1. The van der Waals surface area contributed by atoms with Gasteiger partial charge in [0.2, 0.25) is 5.91 Å². The van der Waals surface area contributed by atoms with Gasteiger partial charge >= 0.3 is 6.01 Å². The molecule has 0 N–H and O–H groups in total. The van der Waals surface area contributed by atoms with Crippen LogP contribution in [0.3, 0.4) is 0 Å². The van der Waals surface area contributed by atoms with Crippen molar-refractivity contribution in [3.05, 3.63) is 53.4 Å². The van der Waals surface area contributed by atoms with Crippen LogP contribution in [0.15, 0.2) is 53.4 Å². The topological polar surface area (TPSA) is 60.2 Å². The number of hydrogen-bond donors (Lipinski definition) is 0. The van der Waals surface area contributed by atoms with Gasteiger partial charge in [-0.05, 0) is 46.3 Å². The van der Waals surface area contributed by atoms with E-state index in [1.807, 2.05) is 39.9 Å². The molecule has 3 aromatic rings. The summed E-state index contributed by atoms with van der Waals surface area (Å²) in [5.74, 6) is 0.108. The molecule has 1 aliphatic rings. The maximum absolute atomic E-state index is 12.8. The molecule has 6 nitrogen and oxygen atoms in total. The number of benzene rings is 1. The largest absolute Gasteiger partial charge is 0.458 e. The van der Waals surface area contributed by atoms with Crippen molar-refractivity contribution in [2.24, 2.45) is 0 Å². The molecule has 134 valence electrons. The number of ether oxygens (including phenoxy) is 1. The molecule has 0 spiro atoms. The van der Waals surface area contributed by atoms with E-state index in [0.717, 1.165) is 34.8 Å². The molecule has 1 atom stereocenters. The smallest absolute Gasteiger partial charge is 0.316 e. The quantitative estimate of drug-likeness (QED) is 0.657. The summed E-state index contributed by atoms with van der Waals surface area (Å²) in [4.78, 5) is 22.9. The molecule has 0 aliphatic carbocycles. The lowest BCUT2D eigenvalue weighted by Gasteiger charge is -2.32. The molecule has 0 unspecified atom stereocenters. The number of hydrogen-bond acceptors (Lipinski definition) is 4. The molecule has 0 saturated carbocycles. The first kappa shape index (κ1) is 17.0. The summed E-state index contributed by atoms with van der Waals surface area (Å²) in [6.07, 6.45) is 7.03. The summed E-state index contributed by atoms with van der Waals surface area (Å²) in [5.41, 5.74) is 1.08. The minimum Gasteiger partial charge on any atom is -0.458 e. The summed E-state index contributed by atoms with van der Waals surface area (Å²) in [6, 6.07) is 10.5. The Kier molecular flexibility index (Phi) is 4.88. The van der Waals surface area contributed by atoms with Gasteiger partial charge in [-0.3, -0.25) is 4.79 Å². The molecule has 1 aliphatic heterocycles. The van der Waals surface area contributed by atoms with Crippen LogP contribution in [0.2, 0.25) is 0 Å². The van der Waals surface area contributed by atoms with E-state index in [9.17, 15) is 4.79 Å². The number of nitrogens with zero attached hydrogens (tertiary/aromatic N) is 4. The lowest BCUT2D eigenvalue weighted by atomic mass is 10.1. The highest BCUT2D eigenvalue weighted by molar-refractivity contribution is 9.10. The predicted octanol–water partition coefficient (Wildman–Crippen LogP) is 3.26. The normalized spacial score (nSPS) is 17.4. The zero-order valence-corrected chi connectivity index (χ0v) is 15.8. The van der Waals surface area contributed by atoms with Gasteiger partial charge in [-0.2, -0.15) is 0 Å². The van der Waals surface area contributed by atoms with Crippen LogP contribution in [-0.4, -0.2) is 44.5 Å². The van der Waals surface area contributed by atoms with Crippen molar-refractivity contribution in [2.75, 3.05) is 13.1 Å². The molecule has 1 aromatic carbocycles. The molecule has 0 bridgehead atoms. The third kappa shape index (κ3) is 3.72. The Hall–Kier alpha value is -2.41. The van der Waals surface area contributed by atoms with Gasteiger partial charge in [0.15, 0.2) is 0 Å². The summed E-state index contributed by atoms with van der Waals surface area (Å²) in [7, 11) is 0. The van der Waals surface area contributed by atoms with Crippen molar-refractivity contribution in [1.29, 1.82) is 0 Å². The summed E-state index contributed by atoms with van der Waals surface area (Å²) in [6.45, 7) is 1.67. The summed E-state index contributed by atoms with van der Waals surface area (Å²) in [5, 5.41) is 1.15. The predicted molar refractivity (Wildman–Crippen MR) is 102 cm³/mol. The van der Waals surface area contributed by atoms with E-state index >= 15 is 0 Å². The first-order valence-electron chi connectivity index (χ1n) is 8.65. The third-order valence-corrected chi connectivity index (χ3v) is 4.99. The highest BCUT2D eigenvalue weighted by Crippen LogP contribution is 2.19. The molecule has 26 heavy (non-hydrogen) atoms. The minimum atomic E-state index is -0.0738. The highest BCUT2D eigenvalue weighted by atomic mass is 79.9. The Morgan fingerprint density at radius 2 is 2.04 bits per heavy atom. The van der Waals surface area contributed by atoms with E-state index in [1.54, 1.807) is 12.4 Å². The standard InChI is InChI=1S/C19H19BrN4O2/c20-15-10-21-19(22-11-15)26-16-5-3-8-24(12-16)18(25)13-23-9-7-14-4-1-2-6-17(14)23/h1-2,4,6-7,9-11,16H,3,5,8,12-13H2/t16-/m1/s1. The van der Waals surface area contributed by atoms with Crippen molar-refractivity contribution >= 4 is 32.7 Å². The minimum absolute atomic E-state index is 0.0738. The summed E-state index contributed by atoms with van der Waals surface area (Å²) < 4.78 is 8.66. The molecular weight excluding hydrogens is 396 g/mol. The maximum atomic E-state index is 12.8. The van der Waals surface area contributed by atoms with Gasteiger partial charge in [0.25, 0.3) is 0 Å². The van der Waals surface area contributed by atoms with E-state index in [4.69, 9.17) is 4.74 Å². The fourth-order valence-electron chi connectivity index (χ4n) is 3.30. The number of fused-ring (bicyclic) bond motifs is 1. The lowest BCUT2D eigenvalue weighted by Crippen LogP contribution is -2.45. The van der Waals surface area contributed by atoms with Crippen LogP contribution in [0.4, 0.5) is 0 Å². The number of aromatic nitrogens is 3. The van der Waals surface area contributed by atoms with Crippen molar-refractivity contribution < 1.29 is 9.53 Å². The number of likely N-dealkylation sites (tertiary alicyclic amines) is 1. The van der Waals surface area contributed by atoms with Crippen molar-refractivity contribution in [1.82, 2.24) is 19.4 Å². The second-order valence-corrected chi connectivity index (χ2v) is 7.32. The Balaban J connectivity index is 1.40. The molecule has 3 heterocycles. The molecule has 1 fully saturated rings. The van der Waals surface area contributed by atoms with Gasteiger partial charge < -0.3 is 14.2 Å². The number of piperidine rings is 1. The molecular formula is C19H19BrN4O2. The number of carbonyl (C=O) groups excluding carboxylic acids is 1. The fourth-order valence-corrected chi connectivity index (χ4v) is 3.50. The van der Waals surface area contributed by atoms with Gasteiger partial charge in [-0.15, -0.1) is 0 Å². The van der Waals surface area contributed by atoms with E-state index in [2.05, 4.69) is 32.0 Å². The van der Waals surface area contributed by atoms with Gasteiger partial charge in [0, 0.05) is 30.7 Å². The first-order valence-corrected chi connectivity index (χ1v) is 9.44. The highest BCUT2D eigenvalue weighted by Gasteiger charge is 2.25. The van der Waals surface area contributed by atoms with E-state index < -0.39 is 0 Å². The summed E-state index contributed by atoms with van der Waals surface area (Å²) >= 11 is 3.31. The van der Waals surface area contributed by atoms with Gasteiger partial charge in [0.05, 0.1) is 11.0 Å². The fraction of sp³-hybridized carbons (Fsp3) is 0.316. The number of para-hydroxylation sites is 1. The van der Waals surface area contributed by atoms with Crippen LogP contribution in [-0.2, 0) is 11.3 Å². The van der Waals surface area contributed by atoms with Crippen molar-refractivity contribution in [3.63, 3.8) is 0 Å². The zero-order valence-electron chi connectivity index (χ0n) is 14.2. The number of carbonyl (C=O) groups is 1. The lowest BCUT2D eigenvalue weighted by molar-refractivity contribution is -0.134. The van der Waals surface area contributed by atoms with Crippen LogP contribution in [0.25, 0.3) is 10.9 Å². The SMILES string of the molecule is O=C(Cn1ccc2ccccc21)N1CCC[C@@H](Oc2ncc(Br)cn2)C1. The van der Waals surface area contributed by atoms with Crippen molar-refractivity contribution in [2.45, 2.75) is 25.5 Å². The Morgan fingerprint density at radius 1 is 1.23 bits per heavy atom. The monoisotopic (exact) mass is 414 g/mol. The Labute approximate surface area is 159 Å². The second-order valence-electron chi connectivity index (χ2n) is 6.41. The molecule has 2 aromatic heterocycles. The average Bonchev–Trinajstić information content (AvgIpc) is 3.07. The molecule has 4 rings (SSSR count). The molecule has 0 radical (unpaired) electrons. The van der Waals surface area contributed by atoms with E-state index in [-0.39, 0.29) is 12.0 Å². The zero-order chi connectivity index (χ0) is 17.9. The van der Waals surface area contributed by atoms with Crippen LogP contribution >= 0.6 is 15.9 Å². The van der Waals surface area contributed by atoms with Crippen molar-refractivity contribution in [3.8, 4) is 6.01 Å². The average molecular weight is 415 g/mol.